The number of hydrogen-bond donors (Lipinski definition) is 15. The fraction of sp³-hybridized carbons (Fsp3) is 0.422. The van der Waals surface area contributed by atoms with Gasteiger partial charge in [-0.15, -0.1) is 0 Å². The molecule has 0 radical (unpaired) electrons. The number of primary amides is 1. The van der Waals surface area contributed by atoms with E-state index < -0.39 is 84.2 Å². The van der Waals surface area contributed by atoms with Crippen LogP contribution in [0.25, 0.3) is 0 Å². The summed E-state index contributed by atoms with van der Waals surface area (Å²) in [7, 11) is 0. The average Bonchev–Trinajstić information content (AvgIpc) is 4.25. The lowest BCUT2D eigenvalue weighted by molar-refractivity contribution is -0.135. The maximum atomic E-state index is 14.6. The molecular weight excluding hydrogens is 1010 g/mol. The number of nitrogens with zero attached hydrogens (tertiary/aromatic N) is 6. The van der Waals surface area contributed by atoms with Crippen molar-refractivity contribution in [3.05, 3.63) is 109 Å². The summed E-state index contributed by atoms with van der Waals surface area (Å²) in [6, 6.07) is -8.08. The minimum absolute atomic E-state index is 0.0278. The SMILES string of the molecule is NC(=O)C(Cc1cnc[nH]1)NC(=O)C(Cc1cnc[nH]1)NC(=O)C(Cc1cnc[nH]1)NC(=O)C(Cc1cnc[nH]1)NC(=O)C(Cc1cnc[nH]1)NC(=O)C(Cc1cnc[nH]1)NC(=O)COCCOCCNC(=O)CCS. The number of carbonyl (C=O) groups is 8. The summed E-state index contributed by atoms with van der Waals surface area (Å²) >= 11 is 4.02. The third-order valence-electron chi connectivity index (χ3n) is 11.2. The van der Waals surface area contributed by atoms with Crippen LogP contribution in [0.2, 0.25) is 0 Å². The molecule has 6 rings (SSSR count). The Bertz CT molecular complexity index is 2700. The van der Waals surface area contributed by atoms with E-state index in [1.807, 2.05) is 0 Å². The fourth-order valence-electron chi connectivity index (χ4n) is 7.40. The highest BCUT2D eigenvalue weighted by atomic mass is 32.1. The average molecular weight is 1070 g/mol. The van der Waals surface area contributed by atoms with Gasteiger partial charge in [-0.25, -0.2) is 29.9 Å². The second kappa shape index (κ2) is 29.9. The fourth-order valence-corrected chi connectivity index (χ4v) is 7.60. The molecule has 76 heavy (non-hydrogen) atoms. The first kappa shape index (κ1) is 56.6. The molecule has 6 heterocycles. The van der Waals surface area contributed by atoms with Crippen molar-refractivity contribution in [3.63, 3.8) is 0 Å². The quantitative estimate of drug-likeness (QED) is 0.0134. The molecule has 0 aliphatic heterocycles. The number of thiol groups is 1. The van der Waals surface area contributed by atoms with Gasteiger partial charge < -0.3 is 82.3 Å². The van der Waals surface area contributed by atoms with Crippen molar-refractivity contribution in [3.8, 4) is 0 Å². The van der Waals surface area contributed by atoms with E-state index in [2.05, 4.69) is 110 Å². The van der Waals surface area contributed by atoms with Gasteiger partial charge in [0.05, 0.1) is 57.8 Å². The highest BCUT2D eigenvalue weighted by Gasteiger charge is 2.35. The van der Waals surface area contributed by atoms with Crippen LogP contribution in [-0.4, -0.2) is 182 Å². The molecule has 31 heteroatoms. The Balaban J connectivity index is 1.16. The number of imidazole rings is 6. The van der Waals surface area contributed by atoms with Crippen LogP contribution in [0.3, 0.4) is 0 Å². The summed E-state index contributed by atoms with van der Waals surface area (Å²) in [5, 5.41) is 18.8. The number of rotatable bonds is 34. The standard InChI is InChI=1S/C45H60N20O10S/c46-40(68)32(7-26-13-47-20-54-26)61-42(70)34(9-28-15-49-22-56-28)63-44(72)36(11-30-17-51-24-58-30)65-45(73)37(12-31-18-52-25-59-31)64-43(71)35(10-29-16-50-23-57-29)62-41(69)33(8-27-14-48-21-55-27)60-39(67)19-75-5-4-74-3-2-53-38(66)1-6-76/h13-18,20-25,32-37,76H,1-12,19H2,(H2,46,68)(H,47,54)(H,48,55)(H,49,56)(H,50,57)(H,51,58)(H,52,59)(H,53,66)(H,60,67)(H,61,70)(H,62,69)(H,63,72)(H,64,71)(H,65,73). The minimum Gasteiger partial charge on any atom is -0.377 e. The molecule has 0 saturated heterocycles. The van der Waals surface area contributed by atoms with E-state index in [1.165, 1.54) is 75.1 Å². The molecule has 0 aliphatic rings. The van der Waals surface area contributed by atoms with E-state index in [4.69, 9.17) is 15.2 Å². The summed E-state index contributed by atoms with van der Waals surface area (Å²) in [4.78, 5) is 150. The smallest absolute Gasteiger partial charge is 0.246 e. The summed E-state index contributed by atoms with van der Waals surface area (Å²) in [6.45, 7) is 0.210. The van der Waals surface area contributed by atoms with Gasteiger partial charge in [0.15, 0.2) is 0 Å². The van der Waals surface area contributed by atoms with Crippen molar-refractivity contribution in [1.82, 2.24) is 97.0 Å². The first-order valence-corrected chi connectivity index (χ1v) is 24.4. The number of aromatic amines is 6. The van der Waals surface area contributed by atoms with Gasteiger partial charge in [0.2, 0.25) is 47.3 Å². The zero-order valence-corrected chi connectivity index (χ0v) is 41.8. The molecule has 0 fully saturated rings. The Hall–Kier alpha value is -8.71. The number of nitrogens with one attached hydrogen (secondary N) is 13. The van der Waals surface area contributed by atoms with E-state index in [9.17, 15) is 38.4 Å². The predicted octanol–water partition coefficient (Wildman–Crippen LogP) is -4.36. The lowest BCUT2D eigenvalue weighted by atomic mass is 10.0. The van der Waals surface area contributed by atoms with Crippen LogP contribution in [0.5, 0.6) is 0 Å². The van der Waals surface area contributed by atoms with E-state index in [1.54, 1.807) is 0 Å². The first-order valence-electron chi connectivity index (χ1n) is 23.8. The van der Waals surface area contributed by atoms with E-state index >= 15 is 0 Å². The van der Waals surface area contributed by atoms with Crippen LogP contribution in [0.15, 0.2) is 75.1 Å². The molecule has 0 aliphatic carbocycles. The topological polar surface area (TPSA) is 437 Å². The highest BCUT2D eigenvalue weighted by molar-refractivity contribution is 7.80. The van der Waals surface area contributed by atoms with E-state index in [0.29, 0.717) is 39.9 Å². The Labute approximate surface area is 438 Å². The number of H-pyrrole nitrogens is 6. The van der Waals surface area contributed by atoms with Gasteiger partial charge in [-0.2, -0.15) is 12.6 Å². The molecule has 6 unspecified atom stereocenters. The van der Waals surface area contributed by atoms with Crippen molar-refractivity contribution in [2.45, 2.75) is 81.2 Å². The van der Waals surface area contributed by atoms with Gasteiger partial charge in [-0.3, -0.25) is 38.4 Å². The molecule has 15 N–H and O–H groups in total. The Kier molecular flexibility index (Phi) is 22.2. The van der Waals surface area contributed by atoms with Gasteiger partial charge in [0, 0.05) is 123 Å². The maximum absolute atomic E-state index is 14.6. The highest BCUT2D eigenvalue weighted by Crippen LogP contribution is 2.09. The first-order chi connectivity index (χ1) is 36.8. The van der Waals surface area contributed by atoms with Crippen molar-refractivity contribution in [1.29, 1.82) is 0 Å². The van der Waals surface area contributed by atoms with Crippen LogP contribution in [0, 0.1) is 0 Å². The number of hydrogen-bond acceptors (Lipinski definition) is 17. The lowest BCUT2D eigenvalue weighted by Gasteiger charge is -2.27. The number of amides is 8. The van der Waals surface area contributed by atoms with E-state index in [-0.39, 0.29) is 77.2 Å². The van der Waals surface area contributed by atoms with Gasteiger partial charge in [-0.1, -0.05) is 0 Å². The van der Waals surface area contributed by atoms with Gasteiger partial charge in [0.1, 0.15) is 42.9 Å². The largest absolute Gasteiger partial charge is 0.377 e. The summed E-state index contributed by atoms with van der Waals surface area (Å²) in [5.41, 5.74) is 8.33. The molecule has 0 aromatic carbocycles. The van der Waals surface area contributed by atoms with Crippen LogP contribution in [0.4, 0.5) is 0 Å². The monoisotopic (exact) mass is 1070 g/mol. The third kappa shape index (κ3) is 19.0. The molecule has 6 aromatic heterocycles. The number of carbonyl (C=O) groups excluding carboxylic acids is 8. The molecule has 406 valence electrons. The zero-order valence-electron chi connectivity index (χ0n) is 40.9. The van der Waals surface area contributed by atoms with Gasteiger partial charge in [0.25, 0.3) is 0 Å². The van der Waals surface area contributed by atoms with Crippen molar-refractivity contribution in [2.75, 3.05) is 38.7 Å². The van der Waals surface area contributed by atoms with Gasteiger partial charge in [-0.05, 0) is 5.75 Å². The Morgan fingerprint density at radius 2 is 0.737 bits per heavy atom. The number of nitrogens with two attached hydrogens (primary N) is 1. The molecule has 6 atom stereocenters. The van der Waals surface area contributed by atoms with Gasteiger partial charge >= 0.3 is 0 Å². The Morgan fingerprint density at radius 1 is 0.434 bits per heavy atom. The summed E-state index contributed by atoms with van der Waals surface area (Å²) < 4.78 is 10.9. The second-order valence-corrected chi connectivity index (χ2v) is 17.4. The van der Waals surface area contributed by atoms with Crippen LogP contribution >= 0.6 is 12.6 Å². The molecular formula is C45H60N20O10S. The maximum Gasteiger partial charge on any atom is 0.246 e. The number of ether oxygens (including phenoxy) is 2. The van der Waals surface area contributed by atoms with Crippen molar-refractivity contribution in [2.24, 2.45) is 5.73 Å². The molecule has 30 nitrogen and oxygen atoms in total. The van der Waals surface area contributed by atoms with Crippen LogP contribution < -0.4 is 43.0 Å². The van der Waals surface area contributed by atoms with E-state index in [0.717, 1.165) is 0 Å². The summed E-state index contributed by atoms with van der Waals surface area (Å²) in [5.74, 6) is -5.35. The minimum atomic E-state index is -1.44. The van der Waals surface area contributed by atoms with Crippen molar-refractivity contribution >= 4 is 59.9 Å². The molecule has 0 saturated carbocycles. The van der Waals surface area contributed by atoms with Crippen LogP contribution in [-0.2, 0) is 86.4 Å². The second-order valence-electron chi connectivity index (χ2n) is 17.0. The molecule has 0 spiro atoms. The zero-order chi connectivity index (χ0) is 54.1. The molecule has 8 amide bonds. The summed E-state index contributed by atoms with van der Waals surface area (Å²) in [6.07, 6.45) is 16.5. The molecule has 6 aromatic rings. The van der Waals surface area contributed by atoms with Crippen LogP contribution in [0.1, 0.15) is 40.6 Å². The third-order valence-corrected chi connectivity index (χ3v) is 11.5. The lowest BCUT2D eigenvalue weighted by Crippen LogP contribution is -2.61. The Morgan fingerprint density at radius 3 is 1.04 bits per heavy atom. The normalized spacial score (nSPS) is 13.5. The van der Waals surface area contributed by atoms with Crippen molar-refractivity contribution < 1.29 is 47.8 Å². The predicted molar refractivity (Wildman–Crippen MR) is 268 cm³/mol. The molecule has 0 bridgehead atoms. The number of aromatic nitrogens is 12.